The summed E-state index contributed by atoms with van der Waals surface area (Å²) in [5, 5.41) is 66.8. The lowest BCUT2D eigenvalue weighted by molar-refractivity contribution is 0.395. The quantitative estimate of drug-likeness (QED) is 0.0416. The fraction of sp³-hybridized carbons (Fsp3) is 0.690. The lowest BCUT2D eigenvalue weighted by atomic mass is 9.80. The van der Waals surface area contributed by atoms with E-state index in [1.165, 1.54) is 0 Å². The van der Waals surface area contributed by atoms with Crippen molar-refractivity contribution in [2.75, 3.05) is 32.7 Å². The van der Waals surface area contributed by atoms with Crippen LogP contribution in [0.4, 0.5) is 0 Å². The summed E-state index contributed by atoms with van der Waals surface area (Å²) in [5.41, 5.74) is 2.11. The highest BCUT2D eigenvalue weighted by atomic mass is 16.2. The van der Waals surface area contributed by atoms with Crippen LogP contribution in [-0.4, -0.2) is 137 Å². The Balaban J connectivity index is 1.90. The van der Waals surface area contributed by atoms with E-state index in [0.717, 1.165) is 81.4 Å². The minimum Gasteiger partial charge on any atom is -0.433 e. The monoisotopic (exact) mass is 681 g/mol. The summed E-state index contributed by atoms with van der Waals surface area (Å²) in [6, 6.07) is 8.21. The molecule has 1 aromatic rings. The van der Waals surface area contributed by atoms with Crippen molar-refractivity contribution < 1.29 is 30.1 Å². The Morgan fingerprint density at radius 1 is 0.776 bits per heavy atom. The molecule has 0 spiro atoms. The molecular weight excluding hydrogens is 621 g/mol. The molecule has 0 saturated carbocycles. The number of nitrogens with one attached hydrogen (secondary N) is 2. The average Bonchev–Trinajstić information content (AvgIpc) is 3.02. The van der Waals surface area contributed by atoms with Crippen molar-refractivity contribution in [2.24, 2.45) is 14.8 Å². The molecule has 1 aliphatic rings. The number of hydrogen-bond donors (Lipinski definition) is 8. The van der Waals surface area contributed by atoms with Gasteiger partial charge in [0.2, 0.25) is 0 Å². The maximum atomic E-state index is 10.8. The third-order valence-electron chi connectivity index (χ3n) is 8.12. The molecule has 20 heteroatoms. The first kappa shape index (κ1) is 42.5. The Labute approximate surface area is 296 Å². The van der Waals surface area contributed by atoms with Crippen LogP contribution in [0.25, 0.3) is 0 Å². The predicted molar refractivity (Wildman–Crippen MR) is 208 cm³/mol. The van der Waals surface area contributed by atoms with Gasteiger partial charge in [-0.1, -0.05) is 49.9 Å². The number of guanidine groups is 2. The SMILES string of the molecule is CB(O)/N=C(/NCCCCCCCCN(B(C)O)/C(=N\B(C)O)N(CCCc1ccc(C2=NCCCN2B(C)O)cc1)B(C)O)NB(C)O. The second-order valence-electron chi connectivity index (χ2n) is 12.9. The highest BCUT2D eigenvalue weighted by Gasteiger charge is 2.30. The standard InChI is InChI=1S/C29H58B6N8O6/c1-30(44)38-28(39-31(2)45)37-20-11-9-7-8-10-12-22-42(34(5)48)29(40-32(3)46)43(35(6)49)23-13-15-25-16-18-26(19-17-25)27-36-21-14-24-41(27)33(4)47/h16-19,44-49H,7-15,20-24H2,1-6H3,(H2,37,38,39)/b40-29+. The topological polar surface area (TPSA) is 192 Å². The summed E-state index contributed by atoms with van der Waals surface area (Å²) in [6.45, 7) is 13.0. The van der Waals surface area contributed by atoms with Crippen molar-refractivity contribution in [2.45, 2.75) is 98.7 Å². The molecule has 0 aromatic heterocycles. The smallest absolute Gasteiger partial charge is 0.431 e. The van der Waals surface area contributed by atoms with Crippen LogP contribution < -0.4 is 10.5 Å². The van der Waals surface area contributed by atoms with Gasteiger partial charge in [0, 0.05) is 38.3 Å². The molecule has 49 heavy (non-hydrogen) atoms. The molecule has 0 fully saturated rings. The summed E-state index contributed by atoms with van der Waals surface area (Å²) in [7, 11) is -5.00. The van der Waals surface area contributed by atoms with E-state index in [0.29, 0.717) is 38.0 Å². The van der Waals surface area contributed by atoms with Crippen LogP contribution in [-0.2, 0) is 6.42 Å². The summed E-state index contributed by atoms with van der Waals surface area (Å²) in [5.74, 6) is 1.56. The lowest BCUT2D eigenvalue weighted by Crippen LogP contribution is -2.56. The van der Waals surface area contributed by atoms with Crippen LogP contribution in [0.2, 0.25) is 40.9 Å². The Bertz CT molecular complexity index is 1160. The van der Waals surface area contributed by atoms with Crippen LogP contribution in [0.3, 0.4) is 0 Å². The molecule has 0 unspecified atom stereocenters. The van der Waals surface area contributed by atoms with Gasteiger partial charge in [0.25, 0.3) is 0 Å². The molecule has 0 atom stereocenters. The average molecular weight is 680 g/mol. The molecule has 0 aliphatic carbocycles. The van der Waals surface area contributed by atoms with Crippen LogP contribution >= 0.6 is 0 Å². The molecule has 0 bridgehead atoms. The number of nitrogens with zero attached hydrogens (tertiary/aromatic N) is 6. The summed E-state index contributed by atoms with van der Waals surface area (Å²) >= 11 is 0. The fourth-order valence-corrected chi connectivity index (χ4v) is 5.75. The van der Waals surface area contributed by atoms with Gasteiger partial charge in [0.1, 0.15) is 5.84 Å². The first-order valence-electron chi connectivity index (χ1n) is 18.0. The first-order valence-corrected chi connectivity index (χ1v) is 18.0. The Morgan fingerprint density at radius 2 is 1.35 bits per heavy atom. The Morgan fingerprint density at radius 3 is 1.90 bits per heavy atom. The van der Waals surface area contributed by atoms with Gasteiger partial charge in [-0.25, -0.2) is 0 Å². The molecule has 8 N–H and O–H groups in total. The van der Waals surface area contributed by atoms with Gasteiger partial charge < -0.3 is 55.1 Å². The molecule has 1 aromatic carbocycles. The summed E-state index contributed by atoms with van der Waals surface area (Å²) in [6.07, 6.45) is 8.12. The summed E-state index contributed by atoms with van der Waals surface area (Å²) in [4.78, 5) is 18.5. The number of rotatable bonds is 20. The zero-order chi connectivity index (χ0) is 36.3. The molecule has 268 valence electrons. The number of aliphatic imine (C=N–C) groups is 1. The summed E-state index contributed by atoms with van der Waals surface area (Å²) < 4.78 is 0. The zero-order valence-corrected chi connectivity index (χ0v) is 30.5. The second-order valence-corrected chi connectivity index (χ2v) is 12.9. The van der Waals surface area contributed by atoms with Crippen LogP contribution in [0, 0.1) is 0 Å². The van der Waals surface area contributed by atoms with E-state index < -0.39 is 42.3 Å². The lowest BCUT2D eigenvalue weighted by Gasteiger charge is -2.37. The molecular formula is C29H58B6N8O6. The number of amidine groups is 1. The second kappa shape index (κ2) is 23.0. The van der Waals surface area contributed by atoms with Gasteiger partial charge in [-0.3, -0.25) is 14.8 Å². The van der Waals surface area contributed by atoms with Crippen molar-refractivity contribution in [3.05, 3.63) is 35.4 Å². The number of hydrogen-bond acceptors (Lipinski definition) is 10. The molecule has 0 radical (unpaired) electrons. The highest BCUT2D eigenvalue weighted by molar-refractivity contribution is 6.56. The van der Waals surface area contributed by atoms with Crippen molar-refractivity contribution in [1.29, 1.82) is 0 Å². The highest BCUT2D eigenvalue weighted by Crippen LogP contribution is 2.16. The van der Waals surface area contributed by atoms with Gasteiger partial charge >= 0.3 is 42.3 Å². The molecule has 1 heterocycles. The first-order chi connectivity index (χ1) is 23.3. The van der Waals surface area contributed by atoms with Crippen molar-refractivity contribution >= 4 is 60.1 Å². The van der Waals surface area contributed by atoms with E-state index in [1.807, 2.05) is 16.9 Å². The molecule has 1 aliphatic heterocycles. The minimum atomic E-state index is -1.01. The van der Waals surface area contributed by atoms with Crippen molar-refractivity contribution in [1.82, 2.24) is 25.0 Å². The third-order valence-corrected chi connectivity index (χ3v) is 8.12. The van der Waals surface area contributed by atoms with E-state index in [-0.39, 0.29) is 0 Å². The Kier molecular flexibility index (Phi) is 19.9. The normalized spacial score (nSPS) is 13.5. The maximum absolute atomic E-state index is 10.8. The van der Waals surface area contributed by atoms with Gasteiger partial charge in [-0.05, 0) is 78.6 Å². The van der Waals surface area contributed by atoms with E-state index in [2.05, 4.69) is 37.5 Å². The van der Waals surface area contributed by atoms with Gasteiger partial charge in [-0.15, -0.1) is 0 Å². The van der Waals surface area contributed by atoms with Crippen LogP contribution in [0.15, 0.2) is 39.1 Å². The third kappa shape index (κ3) is 16.3. The zero-order valence-electron chi connectivity index (χ0n) is 30.5. The van der Waals surface area contributed by atoms with E-state index >= 15 is 0 Å². The largest absolute Gasteiger partial charge is 0.433 e. The van der Waals surface area contributed by atoms with Crippen molar-refractivity contribution in [3.63, 3.8) is 0 Å². The molecule has 2 rings (SSSR count). The van der Waals surface area contributed by atoms with E-state index in [4.69, 9.17) is 0 Å². The van der Waals surface area contributed by atoms with E-state index in [1.54, 1.807) is 50.6 Å². The van der Waals surface area contributed by atoms with Crippen molar-refractivity contribution in [3.8, 4) is 0 Å². The van der Waals surface area contributed by atoms with Gasteiger partial charge in [0.05, 0.1) is 0 Å². The maximum Gasteiger partial charge on any atom is 0.431 e. The minimum absolute atomic E-state index is 0.370. The number of benzene rings is 1. The fourth-order valence-electron chi connectivity index (χ4n) is 5.75. The van der Waals surface area contributed by atoms with Gasteiger partial charge in [0.15, 0.2) is 11.9 Å². The van der Waals surface area contributed by atoms with Crippen LogP contribution in [0.5, 0.6) is 0 Å². The number of unbranched alkanes of at least 4 members (excludes halogenated alkanes) is 5. The van der Waals surface area contributed by atoms with Gasteiger partial charge in [-0.2, -0.15) is 0 Å². The van der Waals surface area contributed by atoms with E-state index in [9.17, 15) is 30.1 Å². The molecule has 0 saturated heterocycles. The predicted octanol–water partition coefficient (Wildman–Crippen LogP) is 0.569. The molecule has 14 nitrogen and oxygen atoms in total. The van der Waals surface area contributed by atoms with Crippen LogP contribution in [0.1, 0.15) is 62.5 Å². The molecule has 0 amide bonds. The Hall–Kier alpha value is -2.62. The number of aryl methyl sites for hydroxylation is 1.